The van der Waals surface area contributed by atoms with Crippen LogP contribution in [0.3, 0.4) is 0 Å². The Labute approximate surface area is 216 Å². The predicted molar refractivity (Wildman–Crippen MR) is 140 cm³/mol. The van der Waals surface area contributed by atoms with Gasteiger partial charge in [0.1, 0.15) is 17.7 Å². The van der Waals surface area contributed by atoms with Gasteiger partial charge in [-0.1, -0.05) is 0 Å². The third-order valence-electron chi connectivity index (χ3n) is 6.37. The van der Waals surface area contributed by atoms with Crippen molar-refractivity contribution in [1.82, 2.24) is 30.0 Å². The van der Waals surface area contributed by atoms with Gasteiger partial charge in [-0.15, -0.1) is 0 Å². The first-order chi connectivity index (χ1) is 17.6. The normalized spacial score (nSPS) is 17.2. The molecule has 1 atom stereocenters. The SMILES string of the molecule is CC(CNC1CNC1)Oc1ccc(-n2ccc(NC(=O)N3CCN(C(=O)C(C)(C)N)CC3)nc2=O)cc1. The van der Waals surface area contributed by atoms with Crippen molar-refractivity contribution in [1.29, 1.82) is 0 Å². The van der Waals surface area contributed by atoms with E-state index in [1.807, 2.05) is 19.1 Å². The minimum Gasteiger partial charge on any atom is -0.489 e. The number of nitrogens with zero attached hydrogens (tertiary/aromatic N) is 4. The Balaban J connectivity index is 1.29. The standard InChI is InChI=1S/C25H36N8O4/c1-17(14-28-18-15-27-16-18)37-20-6-4-19(5-7-20)33-9-8-21(30-24(33)36)29-23(35)32-12-10-31(11-13-32)22(34)25(2,3)26/h4-9,17-18,27-28H,10-16,26H2,1-3H3,(H,29,30,35,36). The number of ether oxygens (including phenoxy) is 1. The number of rotatable bonds is 8. The number of carbonyl (C=O) groups excluding carboxylic acids is 2. The summed E-state index contributed by atoms with van der Waals surface area (Å²) in [5, 5.41) is 9.33. The zero-order valence-corrected chi connectivity index (χ0v) is 21.6. The summed E-state index contributed by atoms with van der Waals surface area (Å²) >= 11 is 0. The molecule has 200 valence electrons. The molecule has 2 aromatic rings. The molecule has 2 aliphatic heterocycles. The number of hydrogen-bond donors (Lipinski definition) is 4. The van der Waals surface area contributed by atoms with Gasteiger partial charge in [-0.05, 0) is 51.1 Å². The topological polar surface area (TPSA) is 147 Å². The molecule has 2 saturated heterocycles. The van der Waals surface area contributed by atoms with Crippen LogP contribution in [0.2, 0.25) is 0 Å². The van der Waals surface area contributed by atoms with E-state index in [4.69, 9.17) is 10.5 Å². The molecule has 0 aliphatic carbocycles. The summed E-state index contributed by atoms with van der Waals surface area (Å²) in [5.74, 6) is 0.730. The number of carbonyl (C=O) groups is 2. The van der Waals surface area contributed by atoms with Crippen molar-refractivity contribution in [3.63, 3.8) is 0 Å². The average molecular weight is 513 g/mol. The van der Waals surface area contributed by atoms with Crippen LogP contribution in [0, 0.1) is 0 Å². The number of aromatic nitrogens is 2. The van der Waals surface area contributed by atoms with Crippen molar-refractivity contribution >= 4 is 17.8 Å². The summed E-state index contributed by atoms with van der Waals surface area (Å²) in [6, 6.07) is 8.91. The van der Waals surface area contributed by atoms with E-state index in [1.165, 1.54) is 4.57 Å². The van der Waals surface area contributed by atoms with Crippen LogP contribution in [0.25, 0.3) is 5.69 Å². The summed E-state index contributed by atoms with van der Waals surface area (Å²) < 4.78 is 7.34. The summed E-state index contributed by atoms with van der Waals surface area (Å²) in [6.45, 7) is 9.59. The Morgan fingerprint density at radius 3 is 2.35 bits per heavy atom. The molecule has 1 unspecified atom stereocenters. The molecule has 3 heterocycles. The minimum absolute atomic E-state index is 0.00899. The molecule has 0 radical (unpaired) electrons. The van der Waals surface area contributed by atoms with Crippen LogP contribution in [-0.2, 0) is 4.79 Å². The molecule has 4 rings (SSSR count). The van der Waals surface area contributed by atoms with Crippen LogP contribution in [0.5, 0.6) is 5.75 Å². The zero-order chi connectivity index (χ0) is 26.6. The summed E-state index contributed by atoms with van der Waals surface area (Å²) in [7, 11) is 0. The second-order valence-corrected chi connectivity index (χ2v) is 10.1. The molecule has 3 amide bonds. The number of nitrogens with two attached hydrogens (primary N) is 1. The molecule has 2 aliphatic rings. The van der Waals surface area contributed by atoms with E-state index in [9.17, 15) is 14.4 Å². The number of benzene rings is 1. The zero-order valence-electron chi connectivity index (χ0n) is 21.6. The maximum atomic E-state index is 12.7. The van der Waals surface area contributed by atoms with Gasteiger partial charge in [-0.3, -0.25) is 14.7 Å². The molecule has 37 heavy (non-hydrogen) atoms. The first-order valence-corrected chi connectivity index (χ1v) is 12.6. The quantitative estimate of drug-likeness (QED) is 0.386. The molecule has 1 aromatic carbocycles. The lowest BCUT2D eigenvalue weighted by atomic mass is 10.1. The lowest BCUT2D eigenvalue weighted by Crippen LogP contribution is -2.58. The van der Waals surface area contributed by atoms with Crippen LogP contribution in [-0.4, -0.2) is 94.8 Å². The molecule has 5 N–H and O–H groups in total. The van der Waals surface area contributed by atoms with E-state index in [0.717, 1.165) is 19.6 Å². The number of nitrogens with one attached hydrogen (secondary N) is 3. The number of anilines is 1. The highest BCUT2D eigenvalue weighted by Gasteiger charge is 2.31. The second kappa shape index (κ2) is 11.3. The second-order valence-electron chi connectivity index (χ2n) is 10.1. The molecule has 12 heteroatoms. The van der Waals surface area contributed by atoms with Crippen molar-refractivity contribution in [2.45, 2.75) is 38.5 Å². The van der Waals surface area contributed by atoms with Gasteiger partial charge in [-0.2, -0.15) is 4.98 Å². The van der Waals surface area contributed by atoms with E-state index in [2.05, 4.69) is 20.9 Å². The molecular weight excluding hydrogens is 476 g/mol. The number of piperazine rings is 1. The van der Waals surface area contributed by atoms with Gasteiger partial charge in [0.2, 0.25) is 5.91 Å². The van der Waals surface area contributed by atoms with E-state index in [-0.39, 0.29) is 23.9 Å². The van der Waals surface area contributed by atoms with Gasteiger partial charge in [-0.25, -0.2) is 9.59 Å². The van der Waals surface area contributed by atoms with Gasteiger partial charge < -0.3 is 30.9 Å². The minimum atomic E-state index is -0.950. The lowest BCUT2D eigenvalue weighted by Gasteiger charge is -2.37. The number of amides is 3. The van der Waals surface area contributed by atoms with Crippen molar-refractivity contribution in [2.75, 3.05) is 51.1 Å². The Morgan fingerprint density at radius 2 is 1.78 bits per heavy atom. The van der Waals surface area contributed by atoms with E-state index in [1.54, 1.807) is 48.0 Å². The molecule has 12 nitrogen and oxygen atoms in total. The Bertz CT molecular complexity index is 1150. The van der Waals surface area contributed by atoms with Crippen LogP contribution >= 0.6 is 0 Å². The summed E-state index contributed by atoms with van der Waals surface area (Å²) in [4.78, 5) is 44.9. The monoisotopic (exact) mass is 512 g/mol. The third kappa shape index (κ3) is 6.85. The maximum absolute atomic E-state index is 12.7. The van der Waals surface area contributed by atoms with Crippen molar-refractivity contribution in [3.8, 4) is 11.4 Å². The average Bonchev–Trinajstić information content (AvgIpc) is 2.83. The summed E-state index contributed by atoms with van der Waals surface area (Å²) in [6.07, 6.45) is 1.58. The van der Waals surface area contributed by atoms with E-state index >= 15 is 0 Å². The fraction of sp³-hybridized carbons (Fsp3) is 0.520. The van der Waals surface area contributed by atoms with Crippen molar-refractivity contribution < 1.29 is 14.3 Å². The maximum Gasteiger partial charge on any atom is 0.354 e. The molecule has 2 fully saturated rings. The highest BCUT2D eigenvalue weighted by molar-refractivity contribution is 5.89. The molecule has 0 saturated carbocycles. The fourth-order valence-electron chi connectivity index (χ4n) is 4.10. The van der Waals surface area contributed by atoms with E-state index in [0.29, 0.717) is 43.7 Å². The van der Waals surface area contributed by atoms with Gasteiger partial charge in [0.05, 0.1) is 11.2 Å². The van der Waals surface area contributed by atoms with Gasteiger partial charge in [0.15, 0.2) is 0 Å². The first-order valence-electron chi connectivity index (χ1n) is 12.6. The van der Waals surface area contributed by atoms with Gasteiger partial charge in [0, 0.05) is 58.1 Å². The fourth-order valence-corrected chi connectivity index (χ4v) is 4.10. The molecular formula is C25H36N8O4. The van der Waals surface area contributed by atoms with Gasteiger partial charge in [0.25, 0.3) is 0 Å². The Kier molecular flexibility index (Phi) is 8.10. The highest BCUT2D eigenvalue weighted by atomic mass is 16.5. The molecule has 0 spiro atoms. The first kappa shape index (κ1) is 26.6. The largest absolute Gasteiger partial charge is 0.489 e. The molecule has 0 bridgehead atoms. The smallest absolute Gasteiger partial charge is 0.354 e. The highest BCUT2D eigenvalue weighted by Crippen LogP contribution is 2.16. The third-order valence-corrected chi connectivity index (χ3v) is 6.37. The molecule has 1 aromatic heterocycles. The Morgan fingerprint density at radius 1 is 1.14 bits per heavy atom. The van der Waals surface area contributed by atoms with E-state index < -0.39 is 11.2 Å². The van der Waals surface area contributed by atoms with Crippen LogP contribution in [0.1, 0.15) is 20.8 Å². The lowest BCUT2D eigenvalue weighted by molar-refractivity contribution is -0.137. The number of urea groups is 1. The Hall–Kier alpha value is -3.48. The van der Waals surface area contributed by atoms with Crippen molar-refractivity contribution in [2.24, 2.45) is 5.73 Å². The van der Waals surface area contributed by atoms with Gasteiger partial charge >= 0.3 is 11.7 Å². The van der Waals surface area contributed by atoms with Crippen molar-refractivity contribution in [3.05, 3.63) is 47.0 Å². The van der Waals surface area contributed by atoms with Crippen LogP contribution in [0.15, 0.2) is 41.3 Å². The number of hydrogen-bond acceptors (Lipinski definition) is 8. The van der Waals surface area contributed by atoms with Crippen LogP contribution < -0.4 is 32.1 Å². The van der Waals surface area contributed by atoms with Crippen LogP contribution in [0.4, 0.5) is 10.6 Å². The predicted octanol–water partition coefficient (Wildman–Crippen LogP) is -0.0254. The summed E-state index contributed by atoms with van der Waals surface area (Å²) in [5.41, 5.74) is 5.07.